The van der Waals surface area contributed by atoms with Gasteiger partial charge in [-0.1, -0.05) is 119 Å². The van der Waals surface area contributed by atoms with Gasteiger partial charge in [-0.25, -0.2) is 0 Å². The summed E-state index contributed by atoms with van der Waals surface area (Å²) in [5, 5.41) is 14.5. The molecule has 0 aliphatic rings. The van der Waals surface area contributed by atoms with Crippen LogP contribution in [-0.2, 0) is 5.54 Å². The molecule has 1 atom stereocenters. The third-order valence-corrected chi connectivity index (χ3v) is 5.99. The quantitative estimate of drug-likeness (QED) is 0.360. The first kappa shape index (κ1) is 25.2. The summed E-state index contributed by atoms with van der Waals surface area (Å²) in [6.07, 6.45) is 0. The van der Waals surface area contributed by atoms with Crippen LogP contribution >= 0.6 is 0 Å². The Hall–Kier alpha value is -2.46. The predicted molar refractivity (Wildman–Crippen MR) is 139 cm³/mol. The van der Waals surface area contributed by atoms with Gasteiger partial charge in [0.15, 0.2) is 0 Å². The van der Waals surface area contributed by atoms with Gasteiger partial charge in [-0.15, -0.1) is 0 Å². The van der Waals surface area contributed by atoms with Gasteiger partial charge >= 0.3 is 0 Å². The van der Waals surface area contributed by atoms with Crippen LogP contribution in [0.15, 0.2) is 91.0 Å². The van der Waals surface area contributed by atoms with E-state index in [1.807, 2.05) is 0 Å². The SMILES string of the molecule is CC(C)CN(CC(C)C)C[C@@H](CO)NC(c1ccccc1)(c1ccccc1)c1ccccc1. The van der Waals surface area contributed by atoms with Crippen LogP contribution in [0.25, 0.3) is 0 Å². The van der Waals surface area contributed by atoms with E-state index in [4.69, 9.17) is 0 Å². The maximum absolute atomic E-state index is 10.6. The van der Waals surface area contributed by atoms with E-state index in [2.05, 4.69) is 129 Å². The Balaban J connectivity index is 2.09. The molecule has 3 heteroatoms. The molecule has 0 bridgehead atoms. The maximum atomic E-state index is 10.6. The van der Waals surface area contributed by atoms with Crippen molar-refractivity contribution in [1.29, 1.82) is 0 Å². The van der Waals surface area contributed by atoms with Gasteiger partial charge in [0.2, 0.25) is 0 Å². The predicted octanol–water partition coefficient (Wildman–Crippen LogP) is 5.54. The molecule has 3 nitrogen and oxygen atoms in total. The largest absolute Gasteiger partial charge is 0.395 e. The average molecular weight is 445 g/mol. The molecule has 0 saturated carbocycles. The van der Waals surface area contributed by atoms with Gasteiger partial charge in [-0.2, -0.15) is 0 Å². The molecule has 33 heavy (non-hydrogen) atoms. The standard InChI is InChI=1S/C30H40N2O/c1-24(2)20-32(21-25(3)4)22-29(23-33)31-30(26-14-8-5-9-15-26,27-16-10-6-11-17-27)28-18-12-7-13-19-28/h5-19,24-25,29,31,33H,20-23H2,1-4H3/t29-/m0/s1. The van der Waals surface area contributed by atoms with Crippen molar-refractivity contribution in [2.45, 2.75) is 39.3 Å². The Labute approximate surface area is 200 Å². The summed E-state index contributed by atoms with van der Waals surface area (Å²) in [5.41, 5.74) is 2.93. The van der Waals surface area contributed by atoms with Gasteiger partial charge in [0, 0.05) is 25.7 Å². The van der Waals surface area contributed by atoms with Crippen LogP contribution in [0.1, 0.15) is 44.4 Å². The third-order valence-electron chi connectivity index (χ3n) is 5.99. The van der Waals surface area contributed by atoms with Crippen LogP contribution in [0.2, 0.25) is 0 Å². The van der Waals surface area contributed by atoms with E-state index in [0.717, 1.165) is 19.6 Å². The molecule has 0 amide bonds. The fourth-order valence-electron chi connectivity index (χ4n) is 4.84. The molecular formula is C30H40N2O. The van der Waals surface area contributed by atoms with Crippen LogP contribution in [-0.4, -0.2) is 42.3 Å². The van der Waals surface area contributed by atoms with Crippen LogP contribution in [0.3, 0.4) is 0 Å². The van der Waals surface area contributed by atoms with Crippen molar-refractivity contribution in [1.82, 2.24) is 10.2 Å². The number of hydrogen-bond acceptors (Lipinski definition) is 3. The number of aliphatic hydroxyl groups is 1. The molecular weight excluding hydrogens is 404 g/mol. The lowest BCUT2D eigenvalue weighted by Crippen LogP contribution is -2.55. The second kappa shape index (κ2) is 12.1. The minimum Gasteiger partial charge on any atom is -0.395 e. The monoisotopic (exact) mass is 444 g/mol. The van der Waals surface area contributed by atoms with Crippen molar-refractivity contribution >= 4 is 0 Å². The van der Waals surface area contributed by atoms with E-state index < -0.39 is 5.54 Å². The Morgan fingerprint density at radius 3 is 1.30 bits per heavy atom. The first-order valence-corrected chi connectivity index (χ1v) is 12.2. The van der Waals surface area contributed by atoms with E-state index in [0.29, 0.717) is 11.8 Å². The van der Waals surface area contributed by atoms with E-state index in [1.165, 1.54) is 16.7 Å². The average Bonchev–Trinajstić information content (AvgIpc) is 2.82. The van der Waals surface area contributed by atoms with Crippen molar-refractivity contribution in [3.05, 3.63) is 108 Å². The zero-order valence-corrected chi connectivity index (χ0v) is 20.6. The number of aliphatic hydroxyl groups excluding tert-OH is 1. The lowest BCUT2D eigenvalue weighted by molar-refractivity contribution is 0.147. The minimum atomic E-state index is -0.571. The van der Waals surface area contributed by atoms with Crippen molar-refractivity contribution in [3.8, 4) is 0 Å². The number of hydrogen-bond donors (Lipinski definition) is 2. The van der Waals surface area contributed by atoms with Crippen molar-refractivity contribution in [2.24, 2.45) is 11.8 Å². The van der Waals surface area contributed by atoms with E-state index in [-0.39, 0.29) is 12.6 Å². The van der Waals surface area contributed by atoms with Crippen LogP contribution in [0.5, 0.6) is 0 Å². The molecule has 3 aromatic carbocycles. The van der Waals surface area contributed by atoms with Gasteiger partial charge in [-0.05, 0) is 28.5 Å². The smallest absolute Gasteiger partial charge is 0.0951 e. The van der Waals surface area contributed by atoms with E-state index in [9.17, 15) is 5.11 Å². The zero-order chi connectivity index (χ0) is 23.7. The molecule has 0 spiro atoms. The van der Waals surface area contributed by atoms with Gasteiger partial charge in [0.05, 0.1) is 12.1 Å². The van der Waals surface area contributed by atoms with E-state index >= 15 is 0 Å². The second-order valence-corrected chi connectivity index (χ2v) is 9.88. The molecule has 0 radical (unpaired) electrons. The maximum Gasteiger partial charge on any atom is 0.0951 e. The molecule has 0 aliphatic heterocycles. The summed E-state index contributed by atoms with van der Waals surface area (Å²) in [5.74, 6) is 1.15. The van der Waals surface area contributed by atoms with Crippen LogP contribution < -0.4 is 5.32 Å². The lowest BCUT2D eigenvalue weighted by atomic mass is 9.76. The number of nitrogens with zero attached hydrogens (tertiary/aromatic N) is 1. The summed E-state index contributed by atoms with van der Waals surface area (Å²) >= 11 is 0. The highest BCUT2D eigenvalue weighted by molar-refractivity contribution is 5.49. The van der Waals surface area contributed by atoms with Crippen LogP contribution in [0.4, 0.5) is 0 Å². The molecule has 2 N–H and O–H groups in total. The summed E-state index contributed by atoms with van der Waals surface area (Å²) in [6, 6.07) is 31.7. The Bertz CT molecular complexity index is 819. The highest BCUT2D eigenvalue weighted by Gasteiger charge is 2.38. The molecule has 0 unspecified atom stereocenters. The molecule has 0 heterocycles. The molecule has 0 aromatic heterocycles. The fourth-order valence-corrected chi connectivity index (χ4v) is 4.84. The van der Waals surface area contributed by atoms with Crippen molar-refractivity contribution < 1.29 is 5.11 Å². The van der Waals surface area contributed by atoms with Crippen molar-refractivity contribution in [3.63, 3.8) is 0 Å². The number of rotatable bonds is 12. The topological polar surface area (TPSA) is 35.5 Å². The molecule has 0 saturated heterocycles. The fraction of sp³-hybridized carbons (Fsp3) is 0.400. The molecule has 0 aliphatic carbocycles. The first-order chi connectivity index (χ1) is 16.0. The van der Waals surface area contributed by atoms with Crippen LogP contribution in [0, 0.1) is 11.8 Å². The minimum absolute atomic E-state index is 0.0704. The Morgan fingerprint density at radius 2 is 1.00 bits per heavy atom. The van der Waals surface area contributed by atoms with E-state index in [1.54, 1.807) is 0 Å². The number of nitrogens with one attached hydrogen (secondary N) is 1. The Kier molecular flexibility index (Phi) is 9.25. The summed E-state index contributed by atoms with van der Waals surface area (Å²) in [6.45, 7) is 11.9. The summed E-state index contributed by atoms with van der Waals surface area (Å²) < 4.78 is 0. The highest BCUT2D eigenvalue weighted by atomic mass is 16.3. The summed E-state index contributed by atoms with van der Waals surface area (Å²) in [7, 11) is 0. The van der Waals surface area contributed by atoms with Gasteiger partial charge in [0.25, 0.3) is 0 Å². The summed E-state index contributed by atoms with van der Waals surface area (Å²) in [4.78, 5) is 2.50. The molecule has 176 valence electrons. The normalized spacial score (nSPS) is 13.1. The van der Waals surface area contributed by atoms with Gasteiger partial charge < -0.3 is 10.0 Å². The molecule has 0 fully saturated rings. The Morgan fingerprint density at radius 1 is 0.636 bits per heavy atom. The highest BCUT2D eigenvalue weighted by Crippen LogP contribution is 2.37. The third kappa shape index (κ3) is 6.54. The first-order valence-electron chi connectivity index (χ1n) is 12.2. The molecule has 3 aromatic rings. The molecule has 3 rings (SSSR count). The zero-order valence-electron chi connectivity index (χ0n) is 20.6. The van der Waals surface area contributed by atoms with Crippen molar-refractivity contribution in [2.75, 3.05) is 26.2 Å². The number of benzene rings is 3. The van der Waals surface area contributed by atoms with Gasteiger partial charge in [0.1, 0.15) is 0 Å². The second-order valence-electron chi connectivity index (χ2n) is 9.88. The lowest BCUT2D eigenvalue weighted by Gasteiger charge is -2.41. The van der Waals surface area contributed by atoms with Gasteiger partial charge in [-0.3, -0.25) is 5.32 Å².